The number of methoxy groups -OCH3 is 1. The van der Waals surface area contributed by atoms with E-state index in [4.69, 9.17) is 10.5 Å². The number of nitrogens with two attached hydrogens (primary N) is 1. The Labute approximate surface area is 141 Å². The Bertz CT molecular complexity index is 898. The number of hydrogen-bond acceptors (Lipinski definition) is 3. The van der Waals surface area contributed by atoms with Gasteiger partial charge in [0.25, 0.3) is 0 Å². The molecule has 1 aliphatic carbocycles. The van der Waals surface area contributed by atoms with Gasteiger partial charge >= 0.3 is 0 Å². The van der Waals surface area contributed by atoms with Crippen molar-refractivity contribution in [3.8, 4) is 5.75 Å². The van der Waals surface area contributed by atoms with Crippen molar-refractivity contribution in [1.29, 1.82) is 0 Å². The number of nitrogen functional groups attached to an aromatic ring is 1. The van der Waals surface area contributed by atoms with Crippen molar-refractivity contribution in [3.05, 3.63) is 83.1 Å². The lowest BCUT2D eigenvalue weighted by molar-refractivity contribution is 0.413. The number of H-pyrrole nitrogens is 1. The largest absolute Gasteiger partial charge is 0.497 e. The molecule has 3 aromatic rings. The first-order chi connectivity index (χ1) is 11.7. The average Bonchev–Trinajstić information content (AvgIpc) is 3.02. The first kappa shape index (κ1) is 14.6. The van der Waals surface area contributed by atoms with Crippen LogP contribution in [0.2, 0.25) is 0 Å². The summed E-state index contributed by atoms with van der Waals surface area (Å²) in [5, 5.41) is 7.25. The number of allylic oxidation sites excluding steroid dienone is 1. The highest BCUT2D eigenvalue weighted by molar-refractivity contribution is 5.69. The van der Waals surface area contributed by atoms with Gasteiger partial charge in [0.2, 0.25) is 0 Å². The van der Waals surface area contributed by atoms with Crippen LogP contribution in [0.15, 0.2) is 60.7 Å². The maximum atomic E-state index is 5.96. The molecule has 120 valence electrons. The summed E-state index contributed by atoms with van der Waals surface area (Å²) in [6.45, 7) is 0. The number of aromatic nitrogens is 2. The highest BCUT2D eigenvalue weighted by Crippen LogP contribution is 2.42. The van der Waals surface area contributed by atoms with E-state index in [0.29, 0.717) is 5.82 Å². The zero-order chi connectivity index (χ0) is 16.6. The van der Waals surface area contributed by atoms with Gasteiger partial charge in [0.1, 0.15) is 5.75 Å². The molecule has 4 rings (SSSR count). The maximum absolute atomic E-state index is 5.96. The van der Waals surface area contributed by atoms with Gasteiger partial charge in [0.15, 0.2) is 5.82 Å². The zero-order valence-corrected chi connectivity index (χ0v) is 13.5. The summed E-state index contributed by atoms with van der Waals surface area (Å²) in [7, 11) is 1.69. The smallest absolute Gasteiger partial charge is 0.152 e. The predicted molar refractivity (Wildman–Crippen MR) is 96.0 cm³/mol. The monoisotopic (exact) mass is 317 g/mol. The van der Waals surface area contributed by atoms with Gasteiger partial charge in [-0.15, -0.1) is 0 Å². The standard InChI is InChI=1S/C20H19N3O/c1-24-16-9-5-8-15(12-16)20(14-6-3-2-4-7-14)11-10-17-18(13-20)22-23-19(17)21/h2-12H,13H2,1H3,(H3,21,22,23). The van der Waals surface area contributed by atoms with E-state index in [1.807, 2.05) is 18.2 Å². The molecule has 1 unspecified atom stereocenters. The van der Waals surface area contributed by atoms with E-state index in [0.717, 1.165) is 23.4 Å². The normalized spacial score (nSPS) is 19.0. The zero-order valence-electron chi connectivity index (χ0n) is 13.5. The van der Waals surface area contributed by atoms with Gasteiger partial charge in [-0.05, 0) is 23.3 Å². The number of fused-ring (bicyclic) bond motifs is 1. The average molecular weight is 317 g/mol. The molecule has 4 heteroatoms. The van der Waals surface area contributed by atoms with Gasteiger partial charge in [-0.1, -0.05) is 54.6 Å². The lowest BCUT2D eigenvalue weighted by atomic mass is 9.68. The third-order valence-corrected chi connectivity index (χ3v) is 4.78. The molecule has 0 aliphatic heterocycles. The minimum atomic E-state index is -0.276. The summed E-state index contributed by atoms with van der Waals surface area (Å²) < 4.78 is 5.44. The number of benzene rings is 2. The topological polar surface area (TPSA) is 63.9 Å². The lowest BCUT2D eigenvalue weighted by Gasteiger charge is -2.34. The highest BCUT2D eigenvalue weighted by atomic mass is 16.5. The molecule has 4 nitrogen and oxygen atoms in total. The summed E-state index contributed by atoms with van der Waals surface area (Å²) in [6.07, 6.45) is 5.08. The van der Waals surface area contributed by atoms with Gasteiger partial charge in [0, 0.05) is 23.1 Å². The van der Waals surface area contributed by atoms with E-state index in [2.05, 4.69) is 58.7 Å². The number of ether oxygens (including phenoxy) is 1. The Morgan fingerprint density at radius 2 is 1.88 bits per heavy atom. The van der Waals surface area contributed by atoms with Gasteiger partial charge in [0.05, 0.1) is 7.11 Å². The number of aromatic amines is 1. The van der Waals surface area contributed by atoms with E-state index in [1.165, 1.54) is 11.1 Å². The predicted octanol–water partition coefficient (Wildman–Crippen LogP) is 3.56. The van der Waals surface area contributed by atoms with Crippen LogP contribution < -0.4 is 10.5 Å². The molecule has 1 aliphatic rings. The number of rotatable bonds is 3. The number of nitrogens with zero attached hydrogens (tertiary/aromatic N) is 1. The molecule has 0 saturated heterocycles. The number of nitrogens with one attached hydrogen (secondary N) is 1. The summed E-state index contributed by atoms with van der Waals surface area (Å²) >= 11 is 0. The second-order valence-electron chi connectivity index (χ2n) is 6.08. The molecule has 1 aromatic heterocycles. The Morgan fingerprint density at radius 1 is 1.08 bits per heavy atom. The van der Waals surface area contributed by atoms with Crippen LogP contribution in [0.1, 0.15) is 22.4 Å². The van der Waals surface area contributed by atoms with Crippen molar-refractivity contribution in [2.75, 3.05) is 12.8 Å². The van der Waals surface area contributed by atoms with Gasteiger partial charge in [-0.25, -0.2) is 0 Å². The van der Waals surface area contributed by atoms with Crippen LogP contribution in [-0.4, -0.2) is 17.3 Å². The SMILES string of the molecule is COc1cccc(C2(c3ccccc3)C=Cc3c(N)n[nH]c3C2)c1. The Hall–Kier alpha value is -3.01. The molecular formula is C20H19N3O. The summed E-state index contributed by atoms with van der Waals surface area (Å²) in [5.41, 5.74) is 10.1. The quantitative estimate of drug-likeness (QED) is 0.776. The molecule has 0 spiro atoms. The summed E-state index contributed by atoms with van der Waals surface area (Å²) in [5.74, 6) is 1.40. The third kappa shape index (κ3) is 2.19. The second kappa shape index (κ2) is 5.57. The van der Waals surface area contributed by atoms with E-state index in [9.17, 15) is 0 Å². The minimum absolute atomic E-state index is 0.276. The summed E-state index contributed by atoms with van der Waals surface area (Å²) in [6, 6.07) is 18.7. The molecule has 1 heterocycles. The minimum Gasteiger partial charge on any atom is -0.497 e. The second-order valence-corrected chi connectivity index (χ2v) is 6.08. The third-order valence-electron chi connectivity index (χ3n) is 4.78. The van der Waals surface area contributed by atoms with Gasteiger partial charge in [-0.2, -0.15) is 5.10 Å². The van der Waals surface area contributed by atoms with E-state index < -0.39 is 0 Å². The van der Waals surface area contributed by atoms with Crippen LogP contribution >= 0.6 is 0 Å². The van der Waals surface area contributed by atoms with Crippen LogP contribution in [0, 0.1) is 0 Å². The van der Waals surface area contributed by atoms with Crippen LogP contribution in [-0.2, 0) is 11.8 Å². The van der Waals surface area contributed by atoms with Crippen molar-refractivity contribution in [3.63, 3.8) is 0 Å². The highest BCUT2D eigenvalue weighted by Gasteiger charge is 2.36. The Kier molecular flexibility index (Phi) is 3.38. The van der Waals surface area contributed by atoms with Crippen molar-refractivity contribution >= 4 is 11.9 Å². The van der Waals surface area contributed by atoms with Crippen molar-refractivity contribution < 1.29 is 4.74 Å². The Morgan fingerprint density at radius 3 is 2.67 bits per heavy atom. The summed E-state index contributed by atoms with van der Waals surface area (Å²) in [4.78, 5) is 0. The first-order valence-corrected chi connectivity index (χ1v) is 7.95. The molecule has 24 heavy (non-hydrogen) atoms. The fourth-order valence-corrected chi connectivity index (χ4v) is 3.49. The van der Waals surface area contributed by atoms with Gasteiger partial charge in [-0.3, -0.25) is 5.10 Å². The van der Waals surface area contributed by atoms with Crippen LogP contribution in [0.3, 0.4) is 0 Å². The lowest BCUT2D eigenvalue weighted by Crippen LogP contribution is -2.30. The number of hydrogen-bond donors (Lipinski definition) is 2. The van der Waals surface area contributed by atoms with Crippen LogP contribution in [0.5, 0.6) is 5.75 Å². The van der Waals surface area contributed by atoms with Crippen LogP contribution in [0.25, 0.3) is 6.08 Å². The maximum Gasteiger partial charge on any atom is 0.152 e. The molecule has 0 bridgehead atoms. The molecule has 2 aromatic carbocycles. The molecule has 0 radical (unpaired) electrons. The molecule has 0 saturated carbocycles. The van der Waals surface area contributed by atoms with E-state index in [1.54, 1.807) is 7.11 Å². The van der Waals surface area contributed by atoms with E-state index >= 15 is 0 Å². The Balaban J connectivity index is 1.92. The fraction of sp³-hybridized carbons (Fsp3) is 0.150. The van der Waals surface area contributed by atoms with Gasteiger partial charge < -0.3 is 10.5 Å². The van der Waals surface area contributed by atoms with Crippen LogP contribution in [0.4, 0.5) is 5.82 Å². The molecule has 3 N–H and O–H groups in total. The van der Waals surface area contributed by atoms with E-state index in [-0.39, 0.29) is 5.41 Å². The molecule has 0 fully saturated rings. The first-order valence-electron chi connectivity index (χ1n) is 7.95. The molecule has 1 atom stereocenters. The van der Waals surface area contributed by atoms with Crippen molar-refractivity contribution in [2.24, 2.45) is 0 Å². The molecule has 0 amide bonds. The molecular weight excluding hydrogens is 298 g/mol. The fourth-order valence-electron chi connectivity index (χ4n) is 3.49. The van der Waals surface area contributed by atoms with Crippen molar-refractivity contribution in [1.82, 2.24) is 10.2 Å². The number of anilines is 1. The van der Waals surface area contributed by atoms with Crippen molar-refractivity contribution in [2.45, 2.75) is 11.8 Å².